The molecule has 0 aliphatic carbocycles. The maximum atomic E-state index is 6.02. The number of hydrogen-bond acceptors (Lipinski definition) is 2. The molecule has 2 rings (SSSR count). The number of hydrogen-bond donors (Lipinski definition) is 1. The van der Waals surface area contributed by atoms with Gasteiger partial charge in [0.05, 0.1) is 5.02 Å². The topological polar surface area (TPSA) is 24.9 Å². The fourth-order valence-electron chi connectivity index (χ4n) is 1.34. The van der Waals surface area contributed by atoms with Crippen molar-refractivity contribution in [1.82, 2.24) is 4.98 Å². The minimum Gasteiger partial charge on any atom is -0.380 e. The van der Waals surface area contributed by atoms with Crippen LogP contribution in [0.25, 0.3) is 0 Å². The minimum atomic E-state index is 0.682. The van der Waals surface area contributed by atoms with E-state index in [1.54, 1.807) is 12.4 Å². The van der Waals surface area contributed by atoms with E-state index in [0.29, 0.717) is 11.6 Å². The molecule has 4 heteroatoms. The highest BCUT2D eigenvalue weighted by Gasteiger charge is 2.01. The zero-order valence-corrected chi connectivity index (χ0v) is 10.8. The molecule has 82 valence electrons. The van der Waals surface area contributed by atoms with Gasteiger partial charge in [0.2, 0.25) is 0 Å². The van der Waals surface area contributed by atoms with E-state index >= 15 is 0 Å². The highest BCUT2D eigenvalue weighted by atomic mass is 79.9. The summed E-state index contributed by atoms with van der Waals surface area (Å²) in [5.74, 6) is 0. The molecule has 0 unspecified atom stereocenters. The second kappa shape index (κ2) is 5.32. The Kier molecular flexibility index (Phi) is 3.80. The van der Waals surface area contributed by atoms with E-state index in [9.17, 15) is 0 Å². The van der Waals surface area contributed by atoms with Crippen LogP contribution >= 0.6 is 27.5 Å². The Labute approximate surface area is 108 Å². The number of aromatic nitrogens is 1. The van der Waals surface area contributed by atoms with E-state index in [1.807, 2.05) is 30.3 Å². The number of rotatable bonds is 3. The first-order valence-electron chi connectivity index (χ1n) is 4.84. The van der Waals surface area contributed by atoms with Gasteiger partial charge in [0, 0.05) is 29.1 Å². The number of anilines is 1. The first kappa shape index (κ1) is 11.4. The Bertz CT molecular complexity index is 442. The number of nitrogens with zero attached hydrogens (tertiary/aromatic N) is 1. The van der Waals surface area contributed by atoms with Crippen molar-refractivity contribution in [2.45, 2.75) is 6.54 Å². The number of pyridine rings is 1. The van der Waals surface area contributed by atoms with E-state index < -0.39 is 0 Å². The lowest BCUT2D eigenvalue weighted by Crippen LogP contribution is -2.00. The third kappa shape index (κ3) is 2.74. The van der Waals surface area contributed by atoms with Crippen molar-refractivity contribution in [1.29, 1.82) is 0 Å². The van der Waals surface area contributed by atoms with E-state index in [1.165, 1.54) is 0 Å². The molecule has 1 aromatic carbocycles. The molecule has 1 heterocycles. The first-order valence-corrected chi connectivity index (χ1v) is 6.01. The van der Waals surface area contributed by atoms with E-state index in [0.717, 1.165) is 15.7 Å². The van der Waals surface area contributed by atoms with Crippen molar-refractivity contribution < 1.29 is 0 Å². The molecule has 0 aliphatic rings. The third-order valence-corrected chi connectivity index (χ3v) is 3.23. The number of halogens is 2. The van der Waals surface area contributed by atoms with Crippen LogP contribution in [0.1, 0.15) is 5.56 Å². The molecule has 2 aromatic rings. The summed E-state index contributed by atoms with van der Waals surface area (Å²) in [6.45, 7) is 0.684. The smallest absolute Gasteiger partial charge is 0.0639 e. The second-order valence-electron chi connectivity index (χ2n) is 3.30. The lowest BCUT2D eigenvalue weighted by atomic mass is 10.2. The Morgan fingerprint density at radius 3 is 2.81 bits per heavy atom. The number of benzene rings is 1. The molecule has 0 atom stereocenters. The zero-order chi connectivity index (χ0) is 11.4. The molecule has 0 saturated carbocycles. The van der Waals surface area contributed by atoms with Crippen molar-refractivity contribution in [3.8, 4) is 0 Å². The minimum absolute atomic E-state index is 0.682. The molecule has 0 aliphatic heterocycles. The number of para-hydroxylation sites is 1. The van der Waals surface area contributed by atoms with Crippen molar-refractivity contribution in [2.75, 3.05) is 5.32 Å². The average molecular weight is 298 g/mol. The van der Waals surface area contributed by atoms with Crippen LogP contribution in [0, 0.1) is 0 Å². The van der Waals surface area contributed by atoms with Gasteiger partial charge >= 0.3 is 0 Å². The summed E-state index contributed by atoms with van der Waals surface area (Å²) in [5.41, 5.74) is 2.09. The van der Waals surface area contributed by atoms with Gasteiger partial charge in [0.25, 0.3) is 0 Å². The molecule has 0 fully saturated rings. The predicted molar refractivity (Wildman–Crippen MR) is 70.7 cm³/mol. The van der Waals surface area contributed by atoms with Gasteiger partial charge in [-0.05, 0) is 39.7 Å². The van der Waals surface area contributed by atoms with Crippen LogP contribution in [0.15, 0.2) is 47.2 Å². The summed E-state index contributed by atoms with van der Waals surface area (Å²) >= 11 is 9.50. The van der Waals surface area contributed by atoms with Crippen LogP contribution in [0.5, 0.6) is 0 Å². The SMILES string of the molecule is Clc1cnccc1CNc1ccccc1Br. The van der Waals surface area contributed by atoms with Crippen molar-refractivity contribution in [3.05, 3.63) is 57.8 Å². The van der Waals surface area contributed by atoms with Crippen LogP contribution in [0.4, 0.5) is 5.69 Å². The normalized spacial score (nSPS) is 10.1. The van der Waals surface area contributed by atoms with Gasteiger partial charge in [0.15, 0.2) is 0 Å². The van der Waals surface area contributed by atoms with E-state index in [2.05, 4.69) is 26.2 Å². The summed E-state index contributed by atoms with van der Waals surface area (Å²) in [6.07, 6.45) is 3.39. The summed E-state index contributed by atoms with van der Waals surface area (Å²) in [4.78, 5) is 3.95. The maximum Gasteiger partial charge on any atom is 0.0639 e. The van der Waals surface area contributed by atoms with Crippen LogP contribution in [0.2, 0.25) is 5.02 Å². The Morgan fingerprint density at radius 1 is 1.25 bits per heavy atom. The second-order valence-corrected chi connectivity index (χ2v) is 4.56. The van der Waals surface area contributed by atoms with E-state index in [4.69, 9.17) is 11.6 Å². The lowest BCUT2D eigenvalue weighted by Gasteiger charge is -2.09. The van der Waals surface area contributed by atoms with Gasteiger partial charge in [-0.25, -0.2) is 0 Å². The fraction of sp³-hybridized carbons (Fsp3) is 0.0833. The predicted octanol–water partition coefficient (Wildman–Crippen LogP) is 4.11. The molecular formula is C12H10BrClN2. The third-order valence-electron chi connectivity index (χ3n) is 2.20. The molecule has 16 heavy (non-hydrogen) atoms. The first-order chi connectivity index (χ1) is 7.77. The monoisotopic (exact) mass is 296 g/mol. The van der Waals surface area contributed by atoms with Gasteiger partial charge in [-0.3, -0.25) is 4.98 Å². The fourth-order valence-corrected chi connectivity index (χ4v) is 1.95. The Balaban J connectivity index is 2.09. The van der Waals surface area contributed by atoms with Gasteiger partial charge in [-0.15, -0.1) is 0 Å². The highest BCUT2D eigenvalue weighted by Crippen LogP contribution is 2.22. The largest absolute Gasteiger partial charge is 0.380 e. The molecule has 0 saturated heterocycles. The van der Waals surface area contributed by atoms with Crippen LogP contribution < -0.4 is 5.32 Å². The molecule has 1 N–H and O–H groups in total. The van der Waals surface area contributed by atoms with Crippen LogP contribution in [0.3, 0.4) is 0 Å². The van der Waals surface area contributed by atoms with Crippen LogP contribution in [-0.2, 0) is 6.54 Å². The Hall–Kier alpha value is -1.06. The van der Waals surface area contributed by atoms with Crippen molar-refractivity contribution >= 4 is 33.2 Å². The standard InChI is InChI=1S/C12H10BrClN2/c13-10-3-1-2-4-12(10)16-7-9-5-6-15-8-11(9)14/h1-6,8,16H,7H2. The molecule has 0 spiro atoms. The lowest BCUT2D eigenvalue weighted by molar-refractivity contribution is 1.12. The average Bonchev–Trinajstić information content (AvgIpc) is 2.30. The van der Waals surface area contributed by atoms with Crippen LogP contribution in [-0.4, -0.2) is 4.98 Å². The highest BCUT2D eigenvalue weighted by molar-refractivity contribution is 9.10. The van der Waals surface area contributed by atoms with Crippen molar-refractivity contribution in [2.24, 2.45) is 0 Å². The Morgan fingerprint density at radius 2 is 2.06 bits per heavy atom. The van der Waals surface area contributed by atoms with Gasteiger partial charge < -0.3 is 5.32 Å². The summed E-state index contributed by atoms with van der Waals surface area (Å²) in [6, 6.07) is 9.89. The molecule has 0 radical (unpaired) electrons. The summed E-state index contributed by atoms with van der Waals surface area (Å²) < 4.78 is 1.04. The molecule has 0 amide bonds. The van der Waals surface area contributed by atoms with Gasteiger partial charge in [0.1, 0.15) is 0 Å². The van der Waals surface area contributed by atoms with E-state index in [-0.39, 0.29) is 0 Å². The van der Waals surface area contributed by atoms with Gasteiger partial charge in [-0.1, -0.05) is 23.7 Å². The molecule has 0 bridgehead atoms. The number of nitrogens with one attached hydrogen (secondary N) is 1. The van der Waals surface area contributed by atoms with Gasteiger partial charge in [-0.2, -0.15) is 0 Å². The maximum absolute atomic E-state index is 6.02. The molecule has 1 aromatic heterocycles. The zero-order valence-electron chi connectivity index (χ0n) is 8.45. The molecule has 2 nitrogen and oxygen atoms in total. The van der Waals surface area contributed by atoms with Crippen molar-refractivity contribution in [3.63, 3.8) is 0 Å². The summed E-state index contributed by atoms with van der Waals surface area (Å²) in [7, 11) is 0. The quantitative estimate of drug-likeness (QED) is 0.922. The summed E-state index contributed by atoms with van der Waals surface area (Å²) in [5, 5.41) is 3.99. The molecular weight excluding hydrogens is 288 g/mol.